The molecular weight excluding hydrogens is 410 g/mol. The molecule has 1 saturated heterocycles. The molecule has 0 saturated carbocycles. The summed E-state index contributed by atoms with van der Waals surface area (Å²) in [5.41, 5.74) is 1.50. The highest BCUT2D eigenvalue weighted by Gasteiger charge is 2.29. The van der Waals surface area contributed by atoms with E-state index in [0.717, 1.165) is 11.6 Å². The van der Waals surface area contributed by atoms with Gasteiger partial charge in [0.2, 0.25) is 10.0 Å². The Balaban J connectivity index is 1.84. The number of hydrogen-bond donors (Lipinski definition) is 2. The van der Waals surface area contributed by atoms with E-state index in [0.29, 0.717) is 5.56 Å². The van der Waals surface area contributed by atoms with Crippen LogP contribution in [0.4, 0.5) is 11.4 Å². The molecule has 0 amide bonds. The van der Waals surface area contributed by atoms with Crippen molar-refractivity contribution in [3.63, 3.8) is 0 Å². The predicted octanol–water partition coefficient (Wildman–Crippen LogP) is 2.46. The third-order valence-corrected chi connectivity index (χ3v) is 6.94. The third-order valence-electron chi connectivity index (χ3n) is 5.05. The molecule has 9 nitrogen and oxygen atoms in total. The number of morpholine rings is 1. The number of anilines is 1. The van der Waals surface area contributed by atoms with Gasteiger partial charge in [0.05, 0.1) is 35.2 Å². The van der Waals surface area contributed by atoms with Gasteiger partial charge in [0.15, 0.2) is 0 Å². The Labute approximate surface area is 175 Å². The first kappa shape index (κ1) is 22.2. The van der Waals surface area contributed by atoms with Gasteiger partial charge in [-0.05, 0) is 31.5 Å². The Hall–Kier alpha value is -2.53. The van der Waals surface area contributed by atoms with Gasteiger partial charge in [-0.3, -0.25) is 10.1 Å². The first-order valence-electron chi connectivity index (χ1n) is 9.57. The second kappa shape index (κ2) is 9.09. The summed E-state index contributed by atoms with van der Waals surface area (Å²) in [5.74, 6) is 0. The van der Waals surface area contributed by atoms with Gasteiger partial charge >= 0.3 is 0 Å². The summed E-state index contributed by atoms with van der Waals surface area (Å²) in [6, 6.07) is 10.5. The van der Waals surface area contributed by atoms with Gasteiger partial charge in [-0.2, -0.15) is 4.31 Å². The molecule has 2 atom stereocenters. The van der Waals surface area contributed by atoms with Gasteiger partial charge in [-0.25, -0.2) is 8.42 Å². The van der Waals surface area contributed by atoms with Crippen LogP contribution >= 0.6 is 0 Å². The first-order valence-corrected chi connectivity index (χ1v) is 11.0. The van der Waals surface area contributed by atoms with E-state index in [1.54, 1.807) is 19.1 Å². The van der Waals surface area contributed by atoms with E-state index >= 15 is 0 Å². The van der Waals surface area contributed by atoms with Crippen molar-refractivity contribution in [1.29, 1.82) is 0 Å². The van der Waals surface area contributed by atoms with Crippen LogP contribution in [0.1, 0.15) is 24.2 Å². The lowest BCUT2D eigenvalue weighted by molar-refractivity contribution is -0.384. The SMILES string of the molecule is Cc1ccc(C(O)C(C)Nc2ccc(S(=O)(=O)N3CCOCC3)cc2[N+](=O)[O-])cc1. The fourth-order valence-electron chi connectivity index (χ4n) is 3.26. The predicted molar refractivity (Wildman–Crippen MR) is 112 cm³/mol. The lowest BCUT2D eigenvalue weighted by Gasteiger charge is -2.26. The van der Waals surface area contributed by atoms with Gasteiger partial charge in [0.25, 0.3) is 5.69 Å². The Morgan fingerprint density at radius 3 is 2.40 bits per heavy atom. The summed E-state index contributed by atoms with van der Waals surface area (Å²) in [7, 11) is -3.85. The number of nitrogens with zero attached hydrogens (tertiary/aromatic N) is 2. The second-order valence-corrected chi connectivity index (χ2v) is 9.18. The van der Waals surface area contributed by atoms with E-state index in [1.807, 2.05) is 19.1 Å². The average molecular weight is 436 g/mol. The number of aliphatic hydroxyl groups excluding tert-OH is 1. The lowest BCUT2D eigenvalue weighted by Crippen LogP contribution is -2.40. The maximum absolute atomic E-state index is 12.8. The van der Waals surface area contributed by atoms with Crippen molar-refractivity contribution in [2.45, 2.75) is 30.9 Å². The molecule has 10 heteroatoms. The molecule has 1 aliphatic heterocycles. The zero-order chi connectivity index (χ0) is 21.9. The molecule has 2 aromatic carbocycles. The van der Waals surface area contributed by atoms with Crippen LogP contribution in [0.3, 0.4) is 0 Å². The van der Waals surface area contributed by atoms with Crippen LogP contribution in [0.25, 0.3) is 0 Å². The molecule has 2 unspecified atom stereocenters. The maximum atomic E-state index is 12.8. The molecule has 30 heavy (non-hydrogen) atoms. The second-order valence-electron chi connectivity index (χ2n) is 7.24. The summed E-state index contributed by atoms with van der Waals surface area (Å²) in [4.78, 5) is 10.8. The summed E-state index contributed by atoms with van der Waals surface area (Å²) >= 11 is 0. The molecule has 0 spiro atoms. The summed E-state index contributed by atoms with van der Waals surface area (Å²) < 4.78 is 32.0. The quantitative estimate of drug-likeness (QED) is 0.506. The fourth-order valence-corrected chi connectivity index (χ4v) is 4.69. The number of nitro benzene ring substituents is 1. The Morgan fingerprint density at radius 1 is 1.17 bits per heavy atom. The van der Waals surface area contributed by atoms with E-state index < -0.39 is 27.1 Å². The molecule has 0 radical (unpaired) electrons. The van der Waals surface area contributed by atoms with Crippen LogP contribution < -0.4 is 5.32 Å². The number of aliphatic hydroxyl groups is 1. The van der Waals surface area contributed by atoms with Crippen LogP contribution in [0, 0.1) is 17.0 Å². The highest BCUT2D eigenvalue weighted by molar-refractivity contribution is 7.89. The topological polar surface area (TPSA) is 122 Å². The van der Waals surface area contributed by atoms with Gasteiger partial charge in [-0.15, -0.1) is 0 Å². The molecule has 0 aliphatic carbocycles. The summed E-state index contributed by atoms with van der Waals surface area (Å²) in [6.07, 6.45) is -0.901. The van der Waals surface area contributed by atoms with Gasteiger partial charge in [0, 0.05) is 19.2 Å². The van der Waals surface area contributed by atoms with Crippen LogP contribution in [0.15, 0.2) is 47.4 Å². The highest BCUT2D eigenvalue weighted by Crippen LogP contribution is 2.31. The minimum Gasteiger partial charge on any atom is -0.386 e. The Kier molecular flexibility index (Phi) is 6.71. The molecule has 2 aromatic rings. The van der Waals surface area contributed by atoms with Crippen molar-refractivity contribution in [2.75, 3.05) is 31.6 Å². The average Bonchev–Trinajstić information content (AvgIpc) is 2.74. The maximum Gasteiger partial charge on any atom is 0.293 e. The zero-order valence-electron chi connectivity index (χ0n) is 16.8. The van der Waals surface area contributed by atoms with E-state index in [1.165, 1.54) is 16.4 Å². The third kappa shape index (κ3) is 4.78. The van der Waals surface area contributed by atoms with Crippen molar-refractivity contribution in [3.05, 3.63) is 63.7 Å². The lowest BCUT2D eigenvalue weighted by atomic mass is 10.0. The molecule has 3 rings (SSSR count). The van der Waals surface area contributed by atoms with E-state index in [-0.39, 0.29) is 42.6 Å². The number of aryl methyl sites for hydroxylation is 1. The van der Waals surface area contributed by atoms with Crippen molar-refractivity contribution < 1.29 is 23.2 Å². The van der Waals surface area contributed by atoms with Crippen molar-refractivity contribution in [1.82, 2.24) is 4.31 Å². The highest BCUT2D eigenvalue weighted by atomic mass is 32.2. The van der Waals surface area contributed by atoms with Crippen molar-refractivity contribution in [2.24, 2.45) is 0 Å². The number of nitrogens with one attached hydrogen (secondary N) is 1. The monoisotopic (exact) mass is 435 g/mol. The minimum absolute atomic E-state index is 0.139. The molecular formula is C20H25N3O6S. The Bertz CT molecular complexity index is 1000. The molecule has 1 fully saturated rings. The first-order chi connectivity index (χ1) is 14.2. The Morgan fingerprint density at radius 2 is 1.80 bits per heavy atom. The van der Waals surface area contributed by atoms with Gasteiger partial charge < -0.3 is 15.2 Å². The van der Waals surface area contributed by atoms with E-state index in [2.05, 4.69) is 5.32 Å². The van der Waals surface area contributed by atoms with Crippen molar-refractivity contribution in [3.8, 4) is 0 Å². The van der Waals surface area contributed by atoms with Crippen LogP contribution in [0.2, 0.25) is 0 Å². The van der Waals surface area contributed by atoms with Crippen LogP contribution in [-0.2, 0) is 14.8 Å². The minimum atomic E-state index is -3.85. The molecule has 2 N–H and O–H groups in total. The number of hydrogen-bond acceptors (Lipinski definition) is 7. The number of nitro groups is 1. The standard InChI is InChI=1S/C20H25N3O6S/c1-14-3-5-16(6-4-14)20(24)15(2)21-18-8-7-17(13-19(18)23(25)26)30(27,28)22-9-11-29-12-10-22/h3-8,13,15,20-21,24H,9-12H2,1-2H3. The molecule has 162 valence electrons. The molecule has 1 heterocycles. The summed E-state index contributed by atoms with van der Waals surface area (Å²) in [5, 5.41) is 25.1. The van der Waals surface area contributed by atoms with E-state index in [4.69, 9.17) is 4.74 Å². The summed E-state index contributed by atoms with van der Waals surface area (Å²) in [6.45, 7) is 4.62. The van der Waals surface area contributed by atoms with Crippen LogP contribution in [0.5, 0.6) is 0 Å². The molecule has 0 aromatic heterocycles. The fraction of sp³-hybridized carbons (Fsp3) is 0.400. The van der Waals surface area contributed by atoms with Crippen molar-refractivity contribution >= 4 is 21.4 Å². The van der Waals surface area contributed by atoms with E-state index in [9.17, 15) is 23.6 Å². The largest absolute Gasteiger partial charge is 0.386 e. The van der Waals surface area contributed by atoms with Crippen LogP contribution in [-0.4, -0.2) is 55.1 Å². The number of sulfonamides is 1. The number of rotatable bonds is 7. The smallest absolute Gasteiger partial charge is 0.293 e. The molecule has 0 bridgehead atoms. The number of ether oxygens (including phenoxy) is 1. The molecule has 1 aliphatic rings. The zero-order valence-corrected chi connectivity index (χ0v) is 17.6. The number of benzene rings is 2. The van der Waals surface area contributed by atoms with Gasteiger partial charge in [-0.1, -0.05) is 29.8 Å². The van der Waals surface area contributed by atoms with Gasteiger partial charge in [0.1, 0.15) is 5.69 Å². The normalized spacial score (nSPS) is 17.3.